The molecule has 136 valence electrons. The van der Waals surface area contributed by atoms with E-state index in [4.69, 9.17) is 4.74 Å². The van der Waals surface area contributed by atoms with Crippen molar-refractivity contribution in [2.75, 3.05) is 32.7 Å². The number of piperazine rings is 1. The van der Waals surface area contributed by atoms with Crippen LogP contribution in [0.4, 0.5) is 4.79 Å². The molecule has 3 aliphatic rings. The van der Waals surface area contributed by atoms with E-state index in [0.29, 0.717) is 0 Å². The Balaban J connectivity index is 1.62. The summed E-state index contributed by atoms with van der Waals surface area (Å²) in [5.74, 6) is 0.205. The van der Waals surface area contributed by atoms with Gasteiger partial charge >= 0.3 is 6.09 Å². The zero-order valence-electron chi connectivity index (χ0n) is 15.5. The van der Waals surface area contributed by atoms with Crippen LogP contribution in [0.15, 0.2) is 0 Å². The number of carbonyl (C=O) groups excluding carboxylic acids is 2. The molecule has 6 nitrogen and oxygen atoms in total. The molecule has 3 atom stereocenters. The molecule has 3 fully saturated rings. The van der Waals surface area contributed by atoms with E-state index in [1.54, 1.807) is 0 Å². The van der Waals surface area contributed by atoms with Gasteiger partial charge in [0.15, 0.2) is 0 Å². The van der Waals surface area contributed by atoms with Crippen molar-refractivity contribution >= 4 is 12.0 Å². The van der Waals surface area contributed by atoms with Crippen molar-refractivity contribution in [1.82, 2.24) is 14.7 Å². The van der Waals surface area contributed by atoms with E-state index in [-0.39, 0.29) is 30.0 Å². The minimum absolute atomic E-state index is 0.0292. The number of amides is 2. The predicted octanol–water partition coefficient (Wildman–Crippen LogP) is 1.94. The van der Waals surface area contributed by atoms with Crippen molar-refractivity contribution in [2.45, 2.75) is 64.6 Å². The maximum Gasteiger partial charge on any atom is 0.410 e. The first kappa shape index (κ1) is 17.5. The molecule has 3 heterocycles. The third-order valence-corrected chi connectivity index (χ3v) is 5.59. The van der Waals surface area contributed by atoms with E-state index in [2.05, 4.69) is 11.8 Å². The van der Waals surface area contributed by atoms with Crippen LogP contribution in [-0.2, 0) is 9.53 Å². The summed E-state index contributed by atoms with van der Waals surface area (Å²) >= 11 is 0. The van der Waals surface area contributed by atoms with Crippen LogP contribution in [0.3, 0.4) is 0 Å². The van der Waals surface area contributed by atoms with Crippen molar-refractivity contribution in [3.63, 3.8) is 0 Å². The number of carbonyl (C=O) groups is 2. The summed E-state index contributed by atoms with van der Waals surface area (Å²) in [4.78, 5) is 31.7. The van der Waals surface area contributed by atoms with Crippen molar-refractivity contribution < 1.29 is 14.3 Å². The maximum absolute atomic E-state index is 13.0. The molecule has 0 aromatic heterocycles. The first-order valence-corrected chi connectivity index (χ1v) is 9.32. The average Bonchev–Trinajstić information content (AvgIpc) is 3.10. The van der Waals surface area contributed by atoms with E-state index < -0.39 is 5.60 Å². The van der Waals surface area contributed by atoms with Crippen LogP contribution in [0.25, 0.3) is 0 Å². The van der Waals surface area contributed by atoms with Crippen molar-refractivity contribution in [3.05, 3.63) is 0 Å². The number of hydrogen-bond donors (Lipinski definition) is 0. The quantitative estimate of drug-likeness (QED) is 0.773. The lowest BCUT2D eigenvalue weighted by atomic mass is 9.88. The van der Waals surface area contributed by atoms with Gasteiger partial charge < -0.3 is 19.4 Å². The number of nitrogens with zero attached hydrogens (tertiary/aromatic N) is 3. The lowest BCUT2D eigenvalue weighted by molar-refractivity contribution is -0.138. The normalized spacial score (nSPS) is 30.8. The van der Waals surface area contributed by atoms with Gasteiger partial charge in [0.2, 0.25) is 5.91 Å². The van der Waals surface area contributed by atoms with Crippen LogP contribution in [0.5, 0.6) is 0 Å². The topological polar surface area (TPSA) is 53.1 Å². The maximum atomic E-state index is 13.0. The SMILES string of the molecule is CCN1CCN(C(=O)C2CC3CCC2N3C(=O)OC(C)(C)C)CC1. The molecule has 0 aliphatic carbocycles. The number of hydrogen-bond acceptors (Lipinski definition) is 4. The minimum Gasteiger partial charge on any atom is -0.444 e. The summed E-state index contributed by atoms with van der Waals surface area (Å²) in [5, 5.41) is 0. The summed E-state index contributed by atoms with van der Waals surface area (Å²) in [6, 6.07) is 0.206. The van der Waals surface area contributed by atoms with Gasteiger partial charge in [-0.2, -0.15) is 0 Å². The van der Waals surface area contributed by atoms with E-state index in [1.165, 1.54) is 0 Å². The van der Waals surface area contributed by atoms with Crippen LogP contribution in [0.2, 0.25) is 0 Å². The summed E-state index contributed by atoms with van der Waals surface area (Å²) < 4.78 is 5.56. The molecule has 0 N–H and O–H groups in total. The van der Waals surface area contributed by atoms with Crippen molar-refractivity contribution in [2.24, 2.45) is 5.92 Å². The summed E-state index contributed by atoms with van der Waals surface area (Å²) in [6.45, 7) is 12.4. The smallest absolute Gasteiger partial charge is 0.410 e. The molecule has 0 aromatic carbocycles. The highest BCUT2D eigenvalue weighted by Gasteiger charge is 2.53. The monoisotopic (exact) mass is 337 g/mol. The summed E-state index contributed by atoms with van der Waals surface area (Å²) in [6.07, 6.45) is 2.48. The summed E-state index contributed by atoms with van der Waals surface area (Å²) in [7, 11) is 0. The third kappa shape index (κ3) is 3.39. The fourth-order valence-corrected chi connectivity index (χ4v) is 4.37. The number of rotatable bonds is 2. The van der Waals surface area contributed by atoms with Gasteiger partial charge in [-0.25, -0.2) is 4.79 Å². The Bertz CT molecular complexity index is 494. The molecule has 2 bridgehead atoms. The molecular formula is C18H31N3O3. The molecule has 3 rings (SSSR count). The highest BCUT2D eigenvalue weighted by atomic mass is 16.6. The fraction of sp³-hybridized carbons (Fsp3) is 0.889. The van der Waals surface area contributed by atoms with Crippen LogP contribution in [0, 0.1) is 5.92 Å². The van der Waals surface area contributed by atoms with E-state index in [1.807, 2.05) is 30.6 Å². The van der Waals surface area contributed by atoms with Gasteiger partial charge in [0.1, 0.15) is 5.60 Å². The average molecular weight is 337 g/mol. The predicted molar refractivity (Wildman–Crippen MR) is 91.7 cm³/mol. The third-order valence-electron chi connectivity index (χ3n) is 5.59. The number of fused-ring (bicyclic) bond motifs is 2. The van der Waals surface area contributed by atoms with Crippen molar-refractivity contribution in [1.29, 1.82) is 0 Å². The van der Waals surface area contributed by atoms with Crippen molar-refractivity contribution in [3.8, 4) is 0 Å². The molecule has 3 saturated heterocycles. The second-order valence-electron chi connectivity index (χ2n) is 8.29. The van der Waals surface area contributed by atoms with Gasteiger partial charge in [-0.05, 0) is 46.6 Å². The van der Waals surface area contributed by atoms with Crippen LogP contribution in [-0.4, -0.2) is 77.1 Å². The molecule has 0 spiro atoms. The minimum atomic E-state index is -0.491. The van der Waals surface area contributed by atoms with Gasteiger partial charge in [-0.1, -0.05) is 6.92 Å². The van der Waals surface area contributed by atoms with Gasteiger partial charge in [-0.3, -0.25) is 4.79 Å². The molecule has 0 saturated carbocycles. The Morgan fingerprint density at radius 1 is 1.08 bits per heavy atom. The second kappa shape index (κ2) is 6.54. The van der Waals surface area contributed by atoms with E-state index >= 15 is 0 Å². The molecule has 0 radical (unpaired) electrons. The van der Waals surface area contributed by atoms with E-state index in [9.17, 15) is 9.59 Å². The molecule has 24 heavy (non-hydrogen) atoms. The zero-order valence-corrected chi connectivity index (χ0v) is 15.5. The Kier molecular flexibility index (Phi) is 4.78. The molecule has 0 aromatic rings. The molecular weight excluding hydrogens is 306 g/mol. The first-order chi connectivity index (χ1) is 11.3. The number of likely N-dealkylation sites (N-methyl/N-ethyl adjacent to an activating group) is 1. The summed E-state index contributed by atoms with van der Waals surface area (Å²) in [5.41, 5.74) is -0.491. The van der Waals surface area contributed by atoms with E-state index in [0.717, 1.165) is 52.0 Å². The Hall–Kier alpha value is -1.30. The van der Waals surface area contributed by atoms with Gasteiger partial charge in [0.25, 0.3) is 0 Å². The lowest BCUT2D eigenvalue weighted by Crippen LogP contribution is -2.51. The van der Waals surface area contributed by atoms with Crippen LogP contribution >= 0.6 is 0 Å². The highest BCUT2D eigenvalue weighted by Crippen LogP contribution is 2.43. The largest absolute Gasteiger partial charge is 0.444 e. The number of ether oxygens (including phenoxy) is 1. The van der Waals surface area contributed by atoms with Gasteiger partial charge in [0, 0.05) is 38.3 Å². The Morgan fingerprint density at radius 3 is 2.33 bits per heavy atom. The Labute approximate surface area is 145 Å². The molecule has 3 aliphatic heterocycles. The molecule has 2 amide bonds. The fourth-order valence-electron chi connectivity index (χ4n) is 4.37. The van der Waals surface area contributed by atoms with Crippen LogP contribution in [0.1, 0.15) is 47.0 Å². The van der Waals surface area contributed by atoms with Gasteiger partial charge in [0.05, 0.1) is 5.92 Å². The molecule has 3 unspecified atom stereocenters. The molecule has 6 heteroatoms. The highest BCUT2D eigenvalue weighted by molar-refractivity contribution is 5.82. The van der Waals surface area contributed by atoms with Crippen LogP contribution < -0.4 is 0 Å². The van der Waals surface area contributed by atoms with Gasteiger partial charge in [-0.15, -0.1) is 0 Å². The zero-order chi connectivity index (χ0) is 17.5. The Morgan fingerprint density at radius 2 is 1.75 bits per heavy atom. The first-order valence-electron chi connectivity index (χ1n) is 9.32. The lowest BCUT2D eigenvalue weighted by Gasteiger charge is -2.36. The second-order valence-corrected chi connectivity index (χ2v) is 8.29. The standard InChI is InChI=1S/C18H31N3O3/c1-5-19-8-10-20(11-9-19)16(22)14-12-13-6-7-15(14)21(13)17(23)24-18(2,3)4/h13-15H,5-12H2,1-4H3.